The molecule has 0 saturated heterocycles. The van der Waals surface area contributed by atoms with E-state index in [1.807, 2.05) is 0 Å². The molecule has 0 amide bonds. The molecule has 0 bridgehead atoms. The Kier molecular flexibility index (Phi) is 116. The van der Waals surface area contributed by atoms with Crippen LogP contribution in [-0.2, 0) is 0 Å². The second-order valence-electron chi connectivity index (χ2n) is 20.4. The summed E-state index contributed by atoms with van der Waals surface area (Å²) >= 11 is 0. The molecular formula is C65H144O2. The van der Waals surface area contributed by atoms with Crippen molar-refractivity contribution in [2.75, 3.05) is 6.61 Å². The van der Waals surface area contributed by atoms with E-state index < -0.39 is 0 Å². The van der Waals surface area contributed by atoms with Crippen LogP contribution < -0.4 is 0 Å². The van der Waals surface area contributed by atoms with Gasteiger partial charge in [-0.2, -0.15) is 0 Å². The van der Waals surface area contributed by atoms with Crippen LogP contribution in [0.4, 0.5) is 0 Å². The van der Waals surface area contributed by atoms with Gasteiger partial charge in [-0.25, -0.2) is 0 Å². The Labute approximate surface area is 432 Å². The molecule has 1 unspecified atom stereocenters. The summed E-state index contributed by atoms with van der Waals surface area (Å²) in [5, 5.41) is 16.8. The molecule has 0 heterocycles. The highest BCUT2D eigenvalue weighted by atomic mass is 16.3. The predicted molar refractivity (Wildman–Crippen MR) is 318 cm³/mol. The SMILES string of the molecule is CC(O)CCCO.CCCCCCCCCC.CCCCCCCCCC.CCCCCCCCCC.CCCCCCCCCC.CCCCCCCCCC.CCCCCCCCCC. The molecule has 0 radical (unpaired) electrons. The Hall–Kier alpha value is -0.0800. The van der Waals surface area contributed by atoms with Gasteiger partial charge in [-0.1, -0.05) is 391 Å². The van der Waals surface area contributed by atoms with E-state index >= 15 is 0 Å². The van der Waals surface area contributed by atoms with E-state index in [0.29, 0.717) is 12.8 Å². The van der Waals surface area contributed by atoms with E-state index in [0.717, 1.165) is 0 Å². The van der Waals surface area contributed by atoms with E-state index in [1.165, 1.54) is 308 Å². The average molecular weight is 958 g/mol. The zero-order chi connectivity index (χ0) is 51.6. The Morgan fingerprint density at radius 2 is 0.299 bits per heavy atom. The standard InChI is InChI=1S/6C10H22.C5H12O2/c6*1-3-5-7-9-10-8-6-4-2;1-5(7)3-2-4-6/h6*3-10H2,1-2H3;5-7H,2-4H2,1H3. The molecule has 0 saturated carbocycles. The number of rotatable bonds is 45. The van der Waals surface area contributed by atoms with Crippen LogP contribution in [0.2, 0.25) is 0 Å². The molecule has 0 aliphatic rings. The maximum Gasteiger partial charge on any atom is 0.0513 e. The van der Waals surface area contributed by atoms with Gasteiger partial charge in [-0.05, 0) is 19.8 Å². The van der Waals surface area contributed by atoms with Crippen LogP contribution in [0.15, 0.2) is 0 Å². The van der Waals surface area contributed by atoms with Crippen LogP contribution in [0, 0.1) is 0 Å². The molecular weight excluding hydrogens is 813 g/mol. The van der Waals surface area contributed by atoms with Crippen molar-refractivity contribution in [1.29, 1.82) is 0 Å². The van der Waals surface area contributed by atoms with Crippen LogP contribution in [0.25, 0.3) is 0 Å². The first-order valence-corrected chi connectivity index (χ1v) is 32.0. The Bertz CT molecular complexity index is 460. The van der Waals surface area contributed by atoms with Gasteiger partial charge in [0.1, 0.15) is 0 Å². The molecule has 2 nitrogen and oxygen atoms in total. The molecule has 2 N–H and O–H groups in total. The van der Waals surface area contributed by atoms with Gasteiger partial charge >= 0.3 is 0 Å². The van der Waals surface area contributed by atoms with Crippen molar-refractivity contribution in [3.05, 3.63) is 0 Å². The van der Waals surface area contributed by atoms with Crippen molar-refractivity contribution in [3.63, 3.8) is 0 Å². The fraction of sp³-hybridized carbons (Fsp3) is 1.00. The first kappa shape index (κ1) is 81.0. The summed E-state index contributed by atoms with van der Waals surface area (Å²) in [5.41, 5.74) is 0. The van der Waals surface area contributed by atoms with Gasteiger partial charge in [-0.3, -0.25) is 0 Å². The molecule has 1 atom stereocenters. The molecule has 2 heteroatoms. The minimum absolute atomic E-state index is 0.185. The van der Waals surface area contributed by atoms with E-state index in [2.05, 4.69) is 83.1 Å². The summed E-state index contributed by atoms with van der Waals surface area (Å²) < 4.78 is 0. The second-order valence-corrected chi connectivity index (χ2v) is 20.4. The Balaban J connectivity index is -0.000000126. The highest BCUT2D eigenvalue weighted by Gasteiger charge is 1.93. The summed E-state index contributed by atoms with van der Waals surface area (Å²) in [5.74, 6) is 0. The minimum atomic E-state index is -0.257. The van der Waals surface area contributed by atoms with Crippen molar-refractivity contribution >= 4 is 0 Å². The first-order valence-electron chi connectivity index (χ1n) is 32.0. The van der Waals surface area contributed by atoms with Crippen LogP contribution in [0.5, 0.6) is 0 Å². The topological polar surface area (TPSA) is 40.5 Å². The molecule has 0 aromatic carbocycles. The van der Waals surface area contributed by atoms with Gasteiger partial charge < -0.3 is 10.2 Å². The zero-order valence-electron chi connectivity index (χ0n) is 50.5. The smallest absolute Gasteiger partial charge is 0.0513 e. The van der Waals surface area contributed by atoms with E-state index in [1.54, 1.807) is 6.92 Å². The summed E-state index contributed by atoms with van der Waals surface area (Å²) in [6.45, 7) is 29.1. The number of aliphatic hydroxyl groups is 2. The van der Waals surface area contributed by atoms with E-state index in [9.17, 15) is 0 Å². The second kappa shape index (κ2) is 95.6. The number of aliphatic hydroxyl groups excluding tert-OH is 2. The normalized spacial score (nSPS) is 10.6. The van der Waals surface area contributed by atoms with Gasteiger partial charge in [0.15, 0.2) is 0 Å². The van der Waals surface area contributed by atoms with Crippen molar-refractivity contribution in [2.24, 2.45) is 0 Å². The quantitative estimate of drug-likeness (QED) is 0.0597. The Morgan fingerprint density at radius 3 is 0.358 bits per heavy atom. The maximum absolute atomic E-state index is 8.57. The molecule has 0 aliphatic carbocycles. The fourth-order valence-corrected chi connectivity index (χ4v) is 7.63. The molecule has 0 aromatic rings. The molecule has 0 spiro atoms. The predicted octanol–water partition coefficient (Wildman–Crippen LogP) is 25.0. The molecule has 67 heavy (non-hydrogen) atoms. The zero-order valence-corrected chi connectivity index (χ0v) is 50.5. The summed E-state index contributed by atoms with van der Waals surface area (Å²) in [4.78, 5) is 0. The third-order valence-electron chi connectivity index (χ3n) is 12.5. The van der Waals surface area contributed by atoms with Crippen molar-refractivity contribution in [2.45, 2.75) is 417 Å². The lowest BCUT2D eigenvalue weighted by molar-refractivity contribution is 0.167. The molecule has 0 fully saturated rings. The largest absolute Gasteiger partial charge is 0.396 e. The monoisotopic (exact) mass is 957 g/mol. The number of hydrogen-bond acceptors (Lipinski definition) is 2. The first-order chi connectivity index (χ1) is 32.8. The summed E-state index contributed by atoms with van der Waals surface area (Å²) in [6, 6.07) is 0. The van der Waals surface area contributed by atoms with Gasteiger partial charge in [0, 0.05) is 6.61 Å². The van der Waals surface area contributed by atoms with Crippen molar-refractivity contribution in [3.8, 4) is 0 Å². The van der Waals surface area contributed by atoms with Gasteiger partial charge in [0.05, 0.1) is 6.10 Å². The lowest BCUT2D eigenvalue weighted by Crippen LogP contribution is -1.99. The van der Waals surface area contributed by atoms with Gasteiger partial charge in [0.2, 0.25) is 0 Å². The summed E-state index contributed by atoms with van der Waals surface area (Å²) in [6.07, 6.45) is 69.9. The maximum atomic E-state index is 8.57. The van der Waals surface area contributed by atoms with Crippen LogP contribution in [-0.4, -0.2) is 22.9 Å². The third kappa shape index (κ3) is 128. The van der Waals surface area contributed by atoms with Gasteiger partial charge in [-0.15, -0.1) is 0 Å². The van der Waals surface area contributed by atoms with Gasteiger partial charge in [0.25, 0.3) is 0 Å². The van der Waals surface area contributed by atoms with Crippen molar-refractivity contribution < 1.29 is 10.2 Å². The van der Waals surface area contributed by atoms with Crippen molar-refractivity contribution in [1.82, 2.24) is 0 Å². The van der Waals surface area contributed by atoms with E-state index in [4.69, 9.17) is 10.2 Å². The highest BCUT2D eigenvalue weighted by molar-refractivity contribution is 4.48. The van der Waals surface area contributed by atoms with Crippen LogP contribution in [0.3, 0.4) is 0 Å². The van der Waals surface area contributed by atoms with E-state index in [-0.39, 0.29) is 12.7 Å². The number of hydrogen-bond donors (Lipinski definition) is 2. The lowest BCUT2D eigenvalue weighted by atomic mass is 10.1. The Morgan fingerprint density at radius 1 is 0.194 bits per heavy atom. The molecule has 0 aromatic heterocycles. The fourth-order valence-electron chi connectivity index (χ4n) is 7.63. The third-order valence-corrected chi connectivity index (χ3v) is 12.5. The molecule has 0 aliphatic heterocycles. The highest BCUT2D eigenvalue weighted by Crippen LogP contribution is 2.12. The molecule has 0 rings (SSSR count). The summed E-state index contributed by atoms with van der Waals surface area (Å²) in [7, 11) is 0. The molecule has 416 valence electrons. The minimum Gasteiger partial charge on any atom is -0.396 e. The van der Waals surface area contributed by atoms with Crippen LogP contribution in [0.1, 0.15) is 411 Å². The lowest BCUT2D eigenvalue weighted by Gasteiger charge is -1.98. The van der Waals surface area contributed by atoms with Crippen LogP contribution >= 0.6 is 0 Å². The number of unbranched alkanes of at least 4 members (excludes halogenated alkanes) is 42. The average Bonchev–Trinajstić information content (AvgIpc) is 3.34.